The van der Waals surface area contributed by atoms with Gasteiger partial charge in [0, 0.05) is 53.9 Å². The van der Waals surface area contributed by atoms with Crippen molar-refractivity contribution in [3.63, 3.8) is 0 Å². The second-order valence-electron chi connectivity index (χ2n) is 11.3. The van der Waals surface area contributed by atoms with Gasteiger partial charge in [-0.3, -0.25) is 9.59 Å². The van der Waals surface area contributed by atoms with E-state index < -0.39 is 0 Å². The molecular weight excluding hydrogens is 566 g/mol. The van der Waals surface area contributed by atoms with Crippen LogP contribution in [0.3, 0.4) is 0 Å². The second-order valence-corrected chi connectivity index (χ2v) is 12.7. The summed E-state index contributed by atoms with van der Waals surface area (Å²) in [4.78, 5) is 32.7. The summed E-state index contributed by atoms with van der Waals surface area (Å²) in [7, 11) is 7.70. The fourth-order valence-electron chi connectivity index (χ4n) is 5.86. The average molecular weight is 604 g/mol. The van der Waals surface area contributed by atoms with Gasteiger partial charge in [-0.1, -0.05) is 48.0 Å². The number of benzene rings is 3. The van der Waals surface area contributed by atoms with Crippen LogP contribution in [0.2, 0.25) is 5.02 Å². The van der Waals surface area contributed by atoms with Gasteiger partial charge in [0.2, 0.25) is 5.91 Å². The maximum absolute atomic E-state index is 14.3. The van der Waals surface area contributed by atoms with E-state index in [4.69, 9.17) is 16.3 Å². The van der Waals surface area contributed by atoms with Gasteiger partial charge in [0.05, 0.1) is 12.1 Å². The van der Waals surface area contributed by atoms with Crippen molar-refractivity contribution >= 4 is 50.5 Å². The van der Waals surface area contributed by atoms with Crippen LogP contribution >= 0.6 is 22.9 Å². The van der Waals surface area contributed by atoms with E-state index in [1.165, 1.54) is 11.3 Å². The smallest absolute Gasteiger partial charge is 0.266 e. The molecule has 3 aromatic carbocycles. The molecule has 8 heteroatoms. The Labute approximate surface area is 257 Å². The van der Waals surface area contributed by atoms with Gasteiger partial charge >= 0.3 is 0 Å². The predicted octanol–water partition coefficient (Wildman–Crippen LogP) is 7.73. The lowest BCUT2D eigenvalue weighted by Gasteiger charge is -2.39. The van der Waals surface area contributed by atoms with Crippen LogP contribution < -0.4 is 9.64 Å². The number of carbonyl (C=O) groups excluding carboxylic acids is 2. The number of thiophene rings is 1. The minimum Gasteiger partial charge on any atom is -0.496 e. The van der Waals surface area contributed by atoms with Crippen LogP contribution in [0.15, 0.2) is 66.7 Å². The Morgan fingerprint density at radius 1 is 0.905 bits per heavy atom. The third kappa shape index (κ3) is 6.19. The number of ether oxygens (including phenoxy) is 1. The number of halogens is 1. The third-order valence-electron chi connectivity index (χ3n) is 8.51. The maximum atomic E-state index is 14.3. The highest BCUT2D eigenvalue weighted by Crippen LogP contribution is 2.38. The lowest BCUT2D eigenvalue weighted by molar-refractivity contribution is -0.116. The summed E-state index contributed by atoms with van der Waals surface area (Å²) in [5, 5.41) is 1.45. The standard InChI is InChI=1S/C34H38ClN3O3S/c1-22(39)37(4)27-13-10-23(11-14-27)24-12-19-30(41-5)25(20-24)21-38(28-17-15-26(16-18-28)36(2)3)34(40)33-32(35)29-8-6-7-9-31(29)42-33/h6-14,19-20,26,28H,15-18,21H2,1-5H3. The van der Waals surface area contributed by atoms with Gasteiger partial charge in [-0.25, -0.2) is 0 Å². The average Bonchev–Trinajstić information content (AvgIpc) is 3.35. The van der Waals surface area contributed by atoms with Crippen LogP contribution in [0, 0.1) is 0 Å². The summed E-state index contributed by atoms with van der Waals surface area (Å²) >= 11 is 8.29. The van der Waals surface area contributed by atoms with Crippen LogP contribution in [0.25, 0.3) is 21.2 Å². The van der Waals surface area contributed by atoms with Gasteiger partial charge in [-0.2, -0.15) is 0 Å². The highest BCUT2D eigenvalue weighted by atomic mass is 35.5. The van der Waals surface area contributed by atoms with Crippen LogP contribution in [-0.2, 0) is 11.3 Å². The van der Waals surface area contributed by atoms with Crippen molar-refractivity contribution in [2.45, 2.75) is 51.2 Å². The fourth-order valence-corrected chi connectivity index (χ4v) is 7.33. The molecule has 1 aliphatic carbocycles. The van der Waals surface area contributed by atoms with Crippen molar-refractivity contribution in [3.8, 4) is 16.9 Å². The largest absolute Gasteiger partial charge is 0.496 e. The van der Waals surface area contributed by atoms with Gasteiger partial charge < -0.3 is 19.4 Å². The number of anilines is 1. The van der Waals surface area contributed by atoms with Gasteiger partial charge in [0.15, 0.2) is 0 Å². The minimum atomic E-state index is -0.0291. The van der Waals surface area contributed by atoms with E-state index in [-0.39, 0.29) is 17.9 Å². The molecule has 0 radical (unpaired) electrons. The number of carbonyl (C=O) groups is 2. The highest BCUT2D eigenvalue weighted by molar-refractivity contribution is 7.21. The number of fused-ring (bicyclic) bond motifs is 1. The molecule has 1 fully saturated rings. The molecule has 1 aromatic heterocycles. The fraction of sp³-hybridized carbons (Fsp3) is 0.353. The lowest BCUT2D eigenvalue weighted by Crippen LogP contribution is -2.44. The monoisotopic (exact) mass is 603 g/mol. The molecule has 0 N–H and O–H groups in total. The molecule has 1 saturated carbocycles. The number of nitrogens with zero attached hydrogens (tertiary/aromatic N) is 3. The summed E-state index contributed by atoms with van der Waals surface area (Å²) in [5.74, 6) is 0.699. The van der Waals surface area contributed by atoms with Crippen molar-refractivity contribution in [3.05, 3.63) is 82.2 Å². The Bertz CT molecular complexity index is 1570. The van der Waals surface area contributed by atoms with Crippen molar-refractivity contribution < 1.29 is 14.3 Å². The zero-order chi connectivity index (χ0) is 30.0. The normalized spacial score (nSPS) is 16.9. The molecule has 0 saturated heterocycles. The quantitative estimate of drug-likeness (QED) is 0.207. The Morgan fingerprint density at radius 2 is 1.55 bits per heavy atom. The summed E-state index contributed by atoms with van der Waals surface area (Å²) in [6, 6.07) is 22.6. The Morgan fingerprint density at radius 3 is 2.17 bits per heavy atom. The zero-order valence-electron chi connectivity index (χ0n) is 24.9. The molecule has 5 rings (SSSR count). The van der Waals surface area contributed by atoms with E-state index in [0.29, 0.717) is 22.5 Å². The topological polar surface area (TPSA) is 53.1 Å². The van der Waals surface area contributed by atoms with Crippen molar-refractivity contribution in [1.82, 2.24) is 9.80 Å². The van der Waals surface area contributed by atoms with Crippen LogP contribution in [0.4, 0.5) is 5.69 Å². The van der Waals surface area contributed by atoms with Crippen molar-refractivity contribution in [2.75, 3.05) is 33.2 Å². The van der Waals surface area contributed by atoms with Crippen molar-refractivity contribution in [2.24, 2.45) is 0 Å². The first kappa shape index (κ1) is 30.1. The Hall–Kier alpha value is -3.39. The summed E-state index contributed by atoms with van der Waals surface area (Å²) < 4.78 is 6.81. The molecule has 0 bridgehead atoms. The molecule has 42 heavy (non-hydrogen) atoms. The van der Waals surface area contributed by atoms with E-state index in [1.807, 2.05) is 65.6 Å². The third-order valence-corrected chi connectivity index (χ3v) is 10.2. The van der Waals surface area contributed by atoms with Gasteiger partial charge in [0.1, 0.15) is 10.6 Å². The van der Waals surface area contributed by atoms with Gasteiger partial charge in [-0.05, 0) is 81.2 Å². The maximum Gasteiger partial charge on any atom is 0.266 e. The predicted molar refractivity (Wildman–Crippen MR) is 174 cm³/mol. The molecule has 6 nitrogen and oxygen atoms in total. The SMILES string of the molecule is COc1ccc(-c2ccc(N(C)C(C)=O)cc2)cc1CN(C(=O)c1sc2ccccc2c1Cl)C1CCC(N(C)C)CC1. The first-order valence-electron chi connectivity index (χ1n) is 14.3. The van der Waals surface area contributed by atoms with E-state index >= 15 is 0 Å². The molecule has 2 amide bonds. The Balaban J connectivity index is 1.49. The molecule has 4 aromatic rings. The molecule has 220 valence electrons. The second kappa shape index (κ2) is 12.9. The molecule has 0 aliphatic heterocycles. The van der Waals surface area contributed by atoms with Crippen LogP contribution in [-0.4, -0.2) is 62.0 Å². The zero-order valence-corrected chi connectivity index (χ0v) is 26.5. The Kier molecular flexibility index (Phi) is 9.21. The summed E-state index contributed by atoms with van der Waals surface area (Å²) in [6.45, 7) is 1.97. The minimum absolute atomic E-state index is 0.0161. The molecular formula is C34H38ClN3O3S. The van der Waals surface area contributed by atoms with E-state index in [2.05, 4.69) is 25.1 Å². The van der Waals surface area contributed by atoms with Crippen molar-refractivity contribution in [1.29, 1.82) is 0 Å². The highest BCUT2D eigenvalue weighted by Gasteiger charge is 2.33. The van der Waals surface area contributed by atoms with Crippen LogP contribution in [0.5, 0.6) is 5.75 Å². The first-order chi connectivity index (χ1) is 20.2. The lowest BCUT2D eigenvalue weighted by atomic mass is 9.89. The molecule has 0 unspecified atom stereocenters. The molecule has 1 aliphatic rings. The number of hydrogen-bond acceptors (Lipinski definition) is 5. The van der Waals surface area contributed by atoms with Crippen LogP contribution in [0.1, 0.15) is 47.8 Å². The molecule has 0 atom stereocenters. The first-order valence-corrected chi connectivity index (χ1v) is 15.5. The molecule has 0 spiro atoms. The summed E-state index contributed by atoms with van der Waals surface area (Å²) in [6.07, 6.45) is 3.95. The number of amides is 2. The number of methoxy groups -OCH3 is 1. The van der Waals surface area contributed by atoms with E-state index in [1.54, 1.807) is 26.0 Å². The van der Waals surface area contributed by atoms with E-state index in [9.17, 15) is 9.59 Å². The number of hydrogen-bond donors (Lipinski definition) is 0. The number of rotatable bonds is 8. The van der Waals surface area contributed by atoms with Gasteiger partial charge in [0.25, 0.3) is 5.91 Å². The summed E-state index contributed by atoms with van der Waals surface area (Å²) in [5.41, 5.74) is 3.83. The van der Waals surface area contributed by atoms with E-state index in [0.717, 1.165) is 63.9 Å². The van der Waals surface area contributed by atoms with Gasteiger partial charge in [-0.15, -0.1) is 11.3 Å². The molecule has 1 heterocycles.